The van der Waals surface area contributed by atoms with Crippen LogP contribution in [0.15, 0.2) is 29.8 Å². The maximum Gasteiger partial charge on any atom is 0.191 e. The maximum atomic E-state index is 5.46. The third-order valence-corrected chi connectivity index (χ3v) is 3.29. The Hall–Kier alpha value is -2.17. The first-order chi connectivity index (χ1) is 11.2. The number of nitrogens with one attached hydrogen (secondary N) is 2. The smallest absolute Gasteiger partial charge is 0.191 e. The number of aliphatic imine (C=N–C) groups is 1. The minimum absolute atomic E-state index is 0.573. The molecule has 5 heteroatoms. The number of hydrogen-bond donors (Lipinski definition) is 2. The van der Waals surface area contributed by atoms with Crippen molar-refractivity contribution in [2.24, 2.45) is 4.99 Å². The monoisotopic (exact) mass is 319 g/mol. The number of ether oxygens (including phenoxy) is 2. The average molecular weight is 319 g/mol. The zero-order valence-electron chi connectivity index (χ0n) is 14.7. The molecule has 0 amide bonds. The second-order valence-electron chi connectivity index (χ2n) is 5.11. The van der Waals surface area contributed by atoms with E-state index in [1.54, 1.807) is 14.2 Å². The van der Waals surface area contributed by atoms with Gasteiger partial charge in [-0.1, -0.05) is 13.0 Å². The van der Waals surface area contributed by atoms with Gasteiger partial charge in [-0.05, 0) is 37.5 Å². The van der Waals surface area contributed by atoms with Crippen molar-refractivity contribution in [3.63, 3.8) is 0 Å². The van der Waals surface area contributed by atoms with Crippen LogP contribution in [0.1, 0.15) is 31.4 Å². The molecule has 0 heterocycles. The average Bonchev–Trinajstić information content (AvgIpc) is 2.57. The normalized spacial score (nSPS) is 11.0. The highest BCUT2D eigenvalue weighted by molar-refractivity contribution is 5.79. The largest absolute Gasteiger partial charge is 0.493 e. The van der Waals surface area contributed by atoms with Gasteiger partial charge in [-0.3, -0.25) is 0 Å². The van der Waals surface area contributed by atoms with Crippen LogP contribution in [0.25, 0.3) is 0 Å². The third-order valence-electron chi connectivity index (χ3n) is 3.29. The molecule has 0 atom stereocenters. The molecule has 0 bridgehead atoms. The fourth-order valence-electron chi connectivity index (χ4n) is 2.26. The van der Waals surface area contributed by atoms with Crippen LogP contribution in [0, 0.1) is 0 Å². The Labute approximate surface area is 139 Å². The van der Waals surface area contributed by atoms with Crippen LogP contribution in [0.2, 0.25) is 0 Å². The first kappa shape index (κ1) is 18.9. The van der Waals surface area contributed by atoms with Crippen molar-refractivity contribution in [1.82, 2.24) is 10.6 Å². The number of rotatable bonds is 9. The summed E-state index contributed by atoms with van der Waals surface area (Å²) in [6, 6.07) is 4.06. The molecule has 0 saturated carbocycles. The number of methoxy groups -OCH3 is 2. The summed E-state index contributed by atoms with van der Waals surface area (Å²) in [5.74, 6) is 2.31. The Kier molecular flexibility index (Phi) is 8.65. The topological polar surface area (TPSA) is 54.9 Å². The van der Waals surface area contributed by atoms with Crippen molar-refractivity contribution in [2.75, 3.05) is 27.3 Å². The van der Waals surface area contributed by atoms with Crippen molar-refractivity contribution >= 4 is 5.96 Å². The van der Waals surface area contributed by atoms with Gasteiger partial charge in [0.2, 0.25) is 0 Å². The van der Waals surface area contributed by atoms with E-state index in [2.05, 4.69) is 42.1 Å². The molecule has 5 nitrogen and oxygen atoms in total. The van der Waals surface area contributed by atoms with Crippen LogP contribution in [0.5, 0.6) is 11.5 Å². The van der Waals surface area contributed by atoms with Gasteiger partial charge in [0.25, 0.3) is 0 Å². The first-order valence-electron chi connectivity index (χ1n) is 8.06. The molecule has 0 aliphatic heterocycles. The van der Waals surface area contributed by atoms with Crippen LogP contribution < -0.4 is 20.1 Å². The van der Waals surface area contributed by atoms with Gasteiger partial charge in [0.1, 0.15) is 0 Å². The SMILES string of the molecule is C=CCc1cc(CN=C(NCC)NCCC)cc(OC)c1OC. The highest BCUT2D eigenvalue weighted by atomic mass is 16.5. The molecule has 2 N–H and O–H groups in total. The first-order valence-corrected chi connectivity index (χ1v) is 8.06. The summed E-state index contributed by atoms with van der Waals surface area (Å²) < 4.78 is 10.9. The minimum Gasteiger partial charge on any atom is -0.493 e. The zero-order valence-corrected chi connectivity index (χ0v) is 14.7. The molecular weight excluding hydrogens is 290 g/mol. The third kappa shape index (κ3) is 5.85. The summed E-state index contributed by atoms with van der Waals surface area (Å²) in [6.45, 7) is 10.3. The van der Waals surface area contributed by atoms with Crippen LogP contribution in [-0.2, 0) is 13.0 Å². The Morgan fingerprint density at radius 1 is 1.22 bits per heavy atom. The van der Waals surface area contributed by atoms with Gasteiger partial charge >= 0.3 is 0 Å². The molecule has 0 spiro atoms. The summed E-state index contributed by atoms with van der Waals surface area (Å²) >= 11 is 0. The van der Waals surface area contributed by atoms with Gasteiger partial charge in [-0.25, -0.2) is 4.99 Å². The van der Waals surface area contributed by atoms with E-state index >= 15 is 0 Å². The van der Waals surface area contributed by atoms with Gasteiger partial charge in [0.15, 0.2) is 17.5 Å². The van der Waals surface area contributed by atoms with Crippen molar-refractivity contribution in [2.45, 2.75) is 33.2 Å². The van der Waals surface area contributed by atoms with E-state index in [0.717, 1.165) is 54.5 Å². The quantitative estimate of drug-likeness (QED) is 0.417. The number of guanidine groups is 1. The molecule has 0 aliphatic rings. The molecule has 1 aromatic rings. The summed E-state index contributed by atoms with van der Waals surface area (Å²) in [6.07, 6.45) is 3.65. The predicted molar refractivity (Wildman–Crippen MR) is 96.6 cm³/mol. The second-order valence-corrected chi connectivity index (χ2v) is 5.11. The second kappa shape index (κ2) is 10.5. The van der Waals surface area contributed by atoms with E-state index in [-0.39, 0.29) is 0 Å². The van der Waals surface area contributed by atoms with Gasteiger partial charge in [0, 0.05) is 18.7 Å². The lowest BCUT2D eigenvalue weighted by molar-refractivity contribution is 0.352. The van der Waals surface area contributed by atoms with E-state index in [0.29, 0.717) is 6.54 Å². The van der Waals surface area contributed by atoms with E-state index in [1.165, 1.54) is 0 Å². The number of hydrogen-bond acceptors (Lipinski definition) is 3. The molecule has 128 valence electrons. The molecule has 0 radical (unpaired) electrons. The summed E-state index contributed by atoms with van der Waals surface area (Å²) in [5.41, 5.74) is 2.13. The fraction of sp³-hybridized carbons (Fsp3) is 0.500. The highest BCUT2D eigenvalue weighted by Crippen LogP contribution is 2.33. The molecular formula is C18H29N3O2. The van der Waals surface area contributed by atoms with Crippen molar-refractivity contribution in [3.05, 3.63) is 35.9 Å². The van der Waals surface area contributed by atoms with Crippen LogP contribution >= 0.6 is 0 Å². The van der Waals surface area contributed by atoms with Gasteiger partial charge in [0.05, 0.1) is 20.8 Å². The summed E-state index contributed by atoms with van der Waals surface area (Å²) in [4.78, 5) is 4.63. The Morgan fingerprint density at radius 3 is 2.57 bits per heavy atom. The van der Waals surface area contributed by atoms with Crippen molar-refractivity contribution in [3.8, 4) is 11.5 Å². The Balaban J connectivity index is 3.01. The van der Waals surface area contributed by atoms with Crippen LogP contribution in [0.4, 0.5) is 0 Å². The van der Waals surface area contributed by atoms with E-state index in [1.807, 2.05) is 12.1 Å². The van der Waals surface area contributed by atoms with E-state index in [9.17, 15) is 0 Å². The van der Waals surface area contributed by atoms with Crippen molar-refractivity contribution in [1.29, 1.82) is 0 Å². The molecule has 0 aliphatic carbocycles. The molecule has 0 fully saturated rings. The summed E-state index contributed by atoms with van der Waals surface area (Å²) in [7, 11) is 3.30. The number of allylic oxidation sites excluding steroid dienone is 1. The zero-order chi connectivity index (χ0) is 17.1. The molecule has 23 heavy (non-hydrogen) atoms. The molecule has 0 aromatic heterocycles. The van der Waals surface area contributed by atoms with E-state index < -0.39 is 0 Å². The van der Waals surface area contributed by atoms with Crippen LogP contribution in [0.3, 0.4) is 0 Å². The molecule has 1 aromatic carbocycles. The molecule has 1 rings (SSSR count). The highest BCUT2D eigenvalue weighted by Gasteiger charge is 2.11. The molecule has 0 unspecified atom stereocenters. The summed E-state index contributed by atoms with van der Waals surface area (Å²) in [5, 5.41) is 6.54. The lowest BCUT2D eigenvalue weighted by Gasteiger charge is -2.14. The maximum absolute atomic E-state index is 5.46. The van der Waals surface area contributed by atoms with Gasteiger partial charge < -0.3 is 20.1 Å². The molecule has 0 saturated heterocycles. The van der Waals surface area contributed by atoms with Gasteiger partial charge in [-0.2, -0.15) is 0 Å². The number of nitrogens with zero attached hydrogens (tertiary/aromatic N) is 1. The van der Waals surface area contributed by atoms with Crippen LogP contribution in [-0.4, -0.2) is 33.3 Å². The van der Waals surface area contributed by atoms with Gasteiger partial charge in [-0.15, -0.1) is 6.58 Å². The lowest BCUT2D eigenvalue weighted by atomic mass is 10.1. The van der Waals surface area contributed by atoms with E-state index in [4.69, 9.17) is 9.47 Å². The van der Waals surface area contributed by atoms with Crippen molar-refractivity contribution < 1.29 is 9.47 Å². The minimum atomic E-state index is 0.573. The number of benzene rings is 1. The fourth-order valence-corrected chi connectivity index (χ4v) is 2.26. The Bertz CT molecular complexity index is 527. The standard InChI is InChI=1S/C18H29N3O2/c1-6-9-15-11-14(12-16(22-4)17(15)23-5)13-21-18(19-8-3)20-10-7-2/h6,11-12H,1,7-10,13H2,2-5H3,(H2,19,20,21). The predicted octanol–water partition coefficient (Wildman–Crippen LogP) is 2.90. The Morgan fingerprint density at radius 2 is 2.00 bits per heavy atom. The lowest BCUT2D eigenvalue weighted by Crippen LogP contribution is -2.37.